The van der Waals surface area contributed by atoms with Gasteiger partial charge in [0.2, 0.25) is 0 Å². The van der Waals surface area contributed by atoms with E-state index < -0.39 is 0 Å². The van der Waals surface area contributed by atoms with Crippen molar-refractivity contribution in [2.24, 2.45) is 5.73 Å². The molecule has 0 bridgehead atoms. The van der Waals surface area contributed by atoms with Crippen LogP contribution in [0.2, 0.25) is 0 Å². The number of rotatable bonds is 23. The molecule has 204 valence electrons. The first-order valence-electron chi connectivity index (χ1n) is 14.6. The first kappa shape index (κ1) is 36.3. The van der Waals surface area contributed by atoms with E-state index in [0.29, 0.717) is 18.7 Å². The van der Waals surface area contributed by atoms with Gasteiger partial charge in [-0.05, 0) is 44.2 Å². The molecule has 0 saturated heterocycles. The second-order valence-electron chi connectivity index (χ2n) is 9.60. The summed E-state index contributed by atoms with van der Waals surface area (Å²) in [6, 6.07) is -0.0911. The largest absolute Gasteiger partial charge is 0.328 e. The highest BCUT2D eigenvalue weighted by molar-refractivity contribution is 8.93. The minimum Gasteiger partial charge on any atom is -0.328 e. The number of halogens is 1. The van der Waals surface area contributed by atoms with Gasteiger partial charge in [0.15, 0.2) is 5.78 Å². The highest BCUT2D eigenvalue weighted by Crippen LogP contribution is 2.12. The lowest BCUT2D eigenvalue weighted by atomic mass is 10.0. The van der Waals surface area contributed by atoms with E-state index in [1.54, 1.807) is 0 Å². The van der Waals surface area contributed by atoms with Gasteiger partial charge in [-0.2, -0.15) is 0 Å². The molecule has 0 aromatic heterocycles. The van der Waals surface area contributed by atoms with Gasteiger partial charge in [-0.1, -0.05) is 116 Å². The molecule has 0 heterocycles. The van der Waals surface area contributed by atoms with Crippen molar-refractivity contribution in [1.29, 1.82) is 0 Å². The Bertz CT molecular complexity index is 580. The predicted octanol–water partition coefficient (Wildman–Crippen LogP) is 8.24. The lowest BCUT2D eigenvalue weighted by Crippen LogP contribution is -2.45. The Morgan fingerprint density at radius 3 is 1.46 bits per heavy atom. The SMILES string of the molecule is Br.CCCCCCCCCCCCC#CC#CCCCCCCCCC(=O)C(CN)N(CC)CC. The topological polar surface area (TPSA) is 46.3 Å². The summed E-state index contributed by atoms with van der Waals surface area (Å²) in [5.41, 5.74) is 5.83. The van der Waals surface area contributed by atoms with E-state index in [-0.39, 0.29) is 23.0 Å². The molecule has 35 heavy (non-hydrogen) atoms. The second kappa shape index (κ2) is 29.4. The Kier molecular flexibility index (Phi) is 30.6. The Balaban J connectivity index is 0. The fourth-order valence-electron chi connectivity index (χ4n) is 4.45. The maximum Gasteiger partial charge on any atom is 0.151 e. The molecule has 3 nitrogen and oxygen atoms in total. The van der Waals surface area contributed by atoms with Gasteiger partial charge in [0.1, 0.15) is 0 Å². The molecule has 0 rings (SSSR count). The van der Waals surface area contributed by atoms with Crippen LogP contribution in [0.25, 0.3) is 0 Å². The van der Waals surface area contributed by atoms with Crippen LogP contribution >= 0.6 is 17.0 Å². The normalized spacial score (nSPS) is 11.2. The van der Waals surface area contributed by atoms with Gasteiger partial charge in [-0.25, -0.2) is 0 Å². The highest BCUT2D eigenvalue weighted by atomic mass is 79.9. The van der Waals surface area contributed by atoms with E-state index in [1.165, 1.54) is 83.5 Å². The average molecular weight is 554 g/mol. The van der Waals surface area contributed by atoms with Crippen molar-refractivity contribution in [3.8, 4) is 23.7 Å². The fraction of sp³-hybridized carbons (Fsp3) is 0.839. The van der Waals surface area contributed by atoms with Crippen molar-refractivity contribution < 1.29 is 4.79 Å². The van der Waals surface area contributed by atoms with Crippen LogP contribution in [-0.4, -0.2) is 36.4 Å². The molecule has 0 fully saturated rings. The van der Waals surface area contributed by atoms with Gasteiger partial charge in [-0.15, -0.1) is 17.0 Å². The Morgan fingerprint density at radius 2 is 1.06 bits per heavy atom. The maximum atomic E-state index is 12.4. The van der Waals surface area contributed by atoms with Gasteiger partial charge in [0.05, 0.1) is 6.04 Å². The predicted molar refractivity (Wildman–Crippen MR) is 160 cm³/mol. The van der Waals surface area contributed by atoms with Gasteiger partial charge in [0.25, 0.3) is 0 Å². The fourth-order valence-corrected chi connectivity index (χ4v) is 4.45. The van der Waals surface area contributed by atoms with Crippen LogP contribution in [0.15, 0.2) is 0 Å². The number of carbonyl (C=O) groups excluding carboxylic acids is 1. The number of nitrogens with zero attached hydrogens (tertiary/aromatic N) is 1. The van der Waals surface area contributed by atoms with E-state index in [2.05, 4.69) is 49.4 Å². The van der Waals surface area contributed by atoms with Gasteiger partial charge in [0, 0.05) is 25.8 Å². The van der Waals surface area contributed by atoms with E-state index in [0.717, 1.165) is 45.2 Å². The van der Waals surface area contributed by atoms with Crippen LogP contribution in [0.5, 0.6) is 0 Å². The van der Waals surface area contributed by atoms with Crippen molar-refractivity contribution in [3.63, 3.8) is 0 Å². The van der Waals surface area contributed by atoms with Crippen LogP contribution in [0.1, 0.15) is 143 Å². The number of unbranched alkanes of at least 4 members (excludes halogenated alkanes) is 16. The zero-order valence-corrected chi connectivity index (χ0v) is 25.2. The smallest absolute Gasteiger partial charge is 0.151 e. The molecule has 4 heteroatoms. The number of ketones is 1. The van der Waals surface area contributed by atoms with Crippen LogP contribution in [0.3, 0.4) is 0 Å². The molecule has 0 saturated carbocycles. The molecule has 0 aromatic rings. The lowest BCUT2D eigenvalue weighted by molar-refractivity contribution is -0.124. The summed E-state index contributed by atoms with van der Waals surface area (Å²) in [5.74, 6) is 12.8. The van der Waals surface area contributed by atoms with E-state index in [9.17, 15) is 4.79 Å². The Morgan fingerprint density at radius 1 is 0.657 bits per heavy atom. The van der Waals surface area contributed by atoms with E-state index in [1.807, 2.05) is 0 Å². The third-order valence-corrected chi connectivity index (χ3v) is 6.72. The molecule has 0 radical (unpaired) electrons. The summed E-state index contributed by atoms with van der Waals surface area (Å²) in [4.78, 5) is 14.6. The molecule has 0 spiro atoms. The number of Topliss-reactive ketones (excluding diaryl/α,β-unsaturated/α-hetero) is 1. The molecule has 0 amide bonds. The zero-order valence-electron chi connectivity index (χ0n) is 23.5. The van der Waals surface area contributed by atoms with Gasteiger partial charge >= 0.3 is 0 Å². The minimum atomic E-state index is -0.0911. The van der Waals surface area contributed by atoms with Crippen molar-refractivity contribution in [3.05, 3.63) is 0 Å². The first-order chi connectivity index (χ1) is 16.7. The number of likely N-dealkylation sites (N-methyl/N-ethyl adjacent to an activating group) is 1. The van der Waals surface area contributed by atoms with Crippen molar-refractivity contribution in [2.75, 3.05) is 19.6 Å². The summed E-state index contributed by atoms with van der Waals surface area (Å²) in [6.45, 7) is 8.67. The van der Waals surface area contributed by atoms with Gasteiger partial charge < -0.3 is 5.73 Å². The third kappa shape index (κ3) is 23.3. The number of nitrogens with two attached hydrogens (primary N) is 1. The number of carbonyl (C=O) groups is 1. The summed E-state index contributed by atoms with van der Waals surface area (Å²) in [7, 11) is 0. The zero-order chi connectivity index (χ0) is 25.1. The molecular weight excluding hydrogens is 496 g/mol. The summed E-state index contributed by atoms with van der Waals surface area (Å²) in [6.07, 6.45) is 23.3. The average Bonchev–Trinajstić information content (AvgIpc) is 2.85. The number of hydrogen-bond donors (Lipinski definition) is 1. The summed E-state index contributed by atoms with van der Waals surface area (Å²) in [5, 5.41) is 0. The lowest BCUT2D eigenvalue weighted by Gasteiger charge is -2.27. The molecule has 0 aliphatic rings. The first-order valence-corrected chi connectivity index (χ1v) is 14.6. The standard InChI is InChI=1S/C31H56N2O.BrH/c1-4-7-8-9-10-11-12-13-14-15-16-17-18-19-20-21-22-23-24-25-26-27-28-31(34)30(29-32)33(5-2)6-3;/h30H,4-16,21-29,32H2,1-3H3;1H. The van der Waals surface area contributed by atoms with Crippen molar-refractivity contribution >= 4 is 22.8 Å². The van der Waals surface area contributed by atoms with Crippen molar-refractivity contribution in [1.82, 2.24) is 4.90 Å². The third-order valence-electron chi connectivity index (χ3n) is 6.72. The quantitative estimate of drug-likeness (QED) is 0.102. The van der Waals surface area contributed by atoms with Crippen LogP contribution < -0.4 is 5.73 Å². The van der Waals surface area contributed by atoms with Crippen LogP contribution in [0, 0.1) is 23.7 Å². The minimum absolute atomic E-state index is 0. The van der Waals surface area contributed by atoms with Crippen molar-refractivity contribution in [2.45, 2.75) is 149 Å². The molecular formula is C31H57BrN2O. The Hall–Kier alpha value is -0.810. The summed E-state index contributed by atoms with van der Waals surface area (Å²) >= 11 is 0. The van der Waals surface area contributed by atoms with E-state index in [4.69, 9.17) is 5.73 Å². The molecule has 1 atom stereocenters. The second-order valence-corrected chi connectivity index (χ2v) is 9.60. The summed E-state index contributed by atoms with van der Waals surface area (Å²) < 4.78 is 0. The molecule has 1 unspecified atom stereocenters. The number of hydrogen-bond acceptors (Lipinski definition) is 3. The molecule has 2 N–H and O–H groups in total. The van der Waals surface area contributed by atoms with Gasteiger partial charge in [-0.3, -0.25) is 9.69 Å². The molecule has 0 aliphatic heterocycles. The molecule has 0 aliphatic carbocycles. The van der Waals surface area contributed by atoms with Crippen LogP contribution in [0.4, 0.5) is 0 Å². The maximum absolute atomic E-state index is 12.4. The van der Waals surface area contributed by atoms with Crippen LogP contribution in [-0.2, 0) is 4.79 Å². The Labute approximate surface area is 229 Å². The monoisotopic (exact) mass is 552 g/mol. The highest BCUT2D eigenvalue weighted by Gasteiger charge is 2.21. The molecule has 0 aromatic carbocycles. The van der Waals surface area contributed by atoms with E-state index >= 15 is 0 Å².